The predicted molar refractivity (Wildman–Crippen MR) is 109 cm³/mol. The number of benzene rings is 2. The summed E-state index contributed by atoms with van der Waals surface area (Å²) in [7, 11) is -3.47. The fraction of sp³-hybridized carbons (Fsp3) is 0.350. The molecule has 0 saturated heterocycles. The Hall–Kier alpha value is -2.59. The highest BCUT2D eigenvalue weighted by Crippen LogP contribution is 2.34. The summed E-state index contributed by atoms with van der Waals surface area (Å²) in [4.78, 5) is 11.3. The van der Waals surface area contributed by atoms with Crippen molar-refractivity contribution in [1.29, 1.82) is 0 Å². The quantitative estimate of drug-likeness (QED) is 0.540. The summed E-state index contributed by atoms with van der Waals surface area (Å²) in [5.74, 6) is -1.34. The first-order chi connectivity index (χ1) is 13.9. The Labute approximate surface area is 173 Å². The third-order valence-corrected chi connectivity index (χ3v) is 4.92. The number of carbonyl (C=O) groups is 1. The maximum absolute atomic E-state index is 13.6. The van der Waals surface area contributed by atoms with Crippen LogP contribution >= 0.6 is 0 Å². The van der Waals surface area contributed by atoms with E-state index < -0.39 is 34.3 Å². The van der Waals surface area contributed by atoms with Crippen LogP contribution in [0, 0.1) is 0 Å². The van der Waals surface area contributed by atoms with E-state index in [1.165, 1.54) is 24.3 Å². The first-order valence-electron chi connectivity index (χ1n) is 9.14. The van der Waals surface area contributed by atoms with Crippen molar-refractivity contribution >= 4 is 21.7 Å². The fourth-order valence-corrected chi connectivity index (χ4v) is 3.55. The van der Waals surface area contributed by atoms with Gasteiger partial charge in [0, 0.05) is 5.69 Å². The number of hydrogen-bond acceptors (Lipinski definition) is 4. The normalized spacial score (nSPS) is 14.2. The van der Waals surface area contributed by atoms with Gasteiger partial charge in [-0.2, -0.15) is 13.2 Å². The van der Waals surface area contributed by atoms with Gasteiger partial charge in [0.05, 0.1) is 6.26 Å². The number of alkyl halides is 3. The standard InChI is InChI=1S/C20H23F3N2O4S/c1-3-5-17(19(26)27)24-18(20(21,22)23)14-10-8-13(9-11-14)15-6-4-7-16(12-15)25-30(2,28)29/h4,6-12,17-18,24-25H,3,5H2,1-2H3,(H,26,27)/t17-,18-/m0/s1. The van der Waals surface area contributed by atoms with Gasteiger partial charge in [-0.25, -0.2) is 8.42 Å². The van der Waals surface area contributed by atoms with Gasteiger partial charge in [-0.1, -0.05) is 49.7 Å². The molecule has 0 fully saturated rings. The van der Waals surface area contributed by atoms with Gasteiger partial charge in [0.2, 0.25) is 10.0 Å². The summed E-state index contributed by atoms with van der Waals surface area (Å²) in [6.07, 6.45) is -3.17. The maximum atomic E-state index is 13.6. The first-order valence-corrected chi connectivity index (χ1v) is 11.0. The van der Waals surface area contributed by atoms with Crippen LogP contribution < -0.4 is 10.0 Å². The zero-order chi connectivity index (χ0) is 22.5. The van der Waals surface area contributed by atoms with Gasteiger partial charge in [0.1, 0.15) is 12.1 Å². The Bertz CT molecular complexity index is 976. The third-order valence-electron chi connectivity index (χ3n) is 4.31. The molecule has 0 saturated carbocycles. The Kier molecular flexibility index (Phi) is 7.49. The fourth-order valence-electron chi connectivity index (χ4n) is 2.99. The molecule has 2 rings (SSSR count). The minimum absolute atomic E-state index is 0.0696. The molecular formula is C20H23F3N2O4S. The molecule has 2 atom stereocenters. The van der Waals surface area contributed by atoms with E-state index in [2.05, 4.69) is 10.0 Å². The molecule has 0 aliphatic rings. The molecule has 2 aromatic carbocycles. The van der Waals surface area contributed by atoms with Crippen molar-refractivity contribution in [2.45, 2.75) is 38.0 Å². The number of carboxylic acid groups (broad SMARTS) is 1. The SMILES string of the molecule is CCC[C@H](N[C@@H](c1ccc(-c2cccc(NS(C)(=O)=O)c2)cc1)C(F)(F)F)C(=O)O. The van der Waals surface area contributed by atoms with Crippen LogP contribution in [0.2, 0.25) is 0 Å². The number of halogens is 3. The highest BCUT2D eigenvalue weighted by molar-refractivity contribution is 7.92. The Morgan fingerprint density at radius 2 is 1.73 bits per heavy atom. The van der Waals surface area contributed by atoms with Crippen molar-refractivity contribution in [3.8, 4) is 11.1 Å². The second-order valence-electron chi connectivity index (χ2n) is 6.90. The summed E-state index contributed by atoms with van der Waals surface area (Å²) >= 11 is 0. The maximum Gasteiger partial charge on any atom is 0.407 e. The molecule has 0 aliphatic heterocycles. The number of nitrogens with one attached hydrogen (secondary N) is 2. The number of aliphatic carboxylic acids is 1. The molecule has 6 nitrogen and oxygen atoms in total. The van der Waals surface area contributed by atoms with Crippen LogP contribution in [-0.2, 0) is 14.8 Å². The number of hydrogen-bond donors (Lipinski definition) is 3. The molecule has 164 valence electrons. The van der Waals surface area contributed by atoms with Crippen LogP contribution in [0.15, 0.2) is 48.5 Å². The van der Waals surface area contributed by atoms with Gasteiger partial charge in [-0.15, -0.1) is 0 Å². The van der Waals surface area contributed by atoms with E-state index in [1.54, 1.807) is 31.2 Å². The highest BCUT2D eigenvalue weighted by atomic mass is 32.2. The minimum Gasteiger partial charge on any atom is -0.480 e. The van der Waals surface area contributed by atoms with Crippen LogP contribution in [0.25, 0.3) is 11.1 Å². The van der Waals surface area contributed by atoms with E-state index in [9.17, 15) is 31.5 Å². The van der Waals surface area contributed by atoms with Crippen molar-refractivity contribution in [2.24, 2.45) is 0 Å². The first kappa shape index (κ1) is 23.7. The number of rotatable bonds is 9. The molecule has 0 aliphatic carbocycles. The smallest absolute Gasteiger partial charge is 0.407 e. The van der Waals surface area contributed by atoms with Crippen LogP contribution in [0.5, 0.6) is 0 Å². The Balaban J connectivity index is 2.31. The minimum atomic E-state index is -4.68. The van der Waals surface area contributed by atoms with Crippen molar-refractivity contribution in [3.05, 3.63) is 54.1 Å². The second kappa shape index (κ2) is 9.48. The van der Waals surface area contributed by atoms with Gasteiger partial charge in [-0.3, -0.25) is 14.8 Å². The molecule has 0 unspecified atom stereocenters. The summed E-state index contributed by atoms with van der Waals surface area (Å²) < 4.78 is 65.8. The zero-order valence-electron chi connectivity index (χ0n) is 16.4. The molecule has 0 amide bonds. The largest absolute Gasteiger partial charge is 0.480 e. The molecule has 2 aromatic rings. The molecule has 10 heteroatoms. The monoisotopic (exact) mass is 444 g/mol. The summed E-state index contributed by atoms with van der Waals surface area (Å²) in [6.45, 7) is 1.70. The van der Waals surface area contributed by atoms with Crippen molar-refractivity contribution in [3.63, 3.8) is 0 Å². The predicted octanol–water partition coefficient (Wildman–Crippen LogP) is 4.17. The number of carboxylic acids is 1. The van der Waals surface area contributed by atoms with Crippen molar-refractivity contribution in [2.75, 3.05) is 11.0 Å². The number of anilines is 1. The summed E-state index contributed by atoms with van der Waals surface area (Å²) in [6, 6.07) is 8.51. The van der Waals surface area contributed by atoms with E-state index in [1.807, 2.05) is 0 Å². The lowest BCUT2D eigenvalue weighted by Crippen LogP contribution is -2.44. The molecule has 0 heterocycles. The Morgan fingerprint density at radius 1 is 1.10 bits per heavy atom. The summed E-state index contributed by atoms with van der Waals surface area (Å²) in [5, 5.41) is 11.4. The van der Waals surface area contributed by atoms with E-state index >= 15 is 0 Å². The van der Waals surface area contributed by atoms with E-state index in [0.29, 0.717) is 23.2 Å². The Morgan fingerprint density at radius 3 is 2.23 bits per heavy atom. The average molecular weight is 444 g/mol. The van der Waals surface area contributed by atoms with Crippen molar-refractivity contribution < 1.29 is 31.5 Å². The second-order valence-corrected chi connectivity index (χ2v) is 8.65. The van der Waals surface area contributed by atoms with Crippen LogP contribution in [-0.4, -0.2) is 38.0 Å². The topological polar surface area (TPSA) is 95.5 Å². The highest BCUT2D eigenvalue weighted by Gasteiger charge is 2.42. The number of sulfonamides is 1. The molecular weight excluding hydrogens is 421 g/mol. The van der Waals surface area contributed by atoms with Crippen LogP contribution in [0.1, 0.15) is 31.4 Å². The van der Waals surface area contributed by atoms with Gasteiger partial charge in [0.25, 0.3) is 0 Å². The zero-order valence-corrected chi connectivity index (χ0v) is 17.2. The lowest BCUT2D eigenvalue weighted by Gasteiger charge is -2.26. The van der Waals surface area contributed by atoms with E-state index in [0.717, 1.165) is 6.26 Å². The molecule has 0 radical (unpaired) electrons. The molecule has 3 N–H and O–H groups in total. The summed E-state index contributed by atoms with van der Waals surface area (Å²) in [5.41, 5.74) is 1.41. The molecule has 0 spiro atoms. The molecule has 0 bridgehead atoms. The lowest BCUT2D eigenvalue weighted by atomic mass is 9.99. The third kappa shape index (κ3) is 6.74. The van der Waals surface area contributed by atoms with Gasteiger partial charge in [0.15, 0.2) is 0 Å². The van der Waals surface area contributed by atoms with E-state index in [-0.39, 0.29) is 12.0 Å². The van der Waals surface area contributed by atoms with Gasteiger partial charge >= 0.3 is 12.1 Å². The van der Waals surface area contributed by atoms with Gasteiger partial charge in [-0.05, 0) is 35.2 Å². The van der Waals surface area contributed by atoms with Crippen molar-refractivity contribution in [1.82, 2.24) is 5.32 Å². The molecule has 0 aromatic heterocycles. The van der Waals surface area contributed by atoms with Crippen LogP contribution in [0.3, 0.4) is 0 Å². The average Bonchev–Trinajstić information content (AvgIpc) is 2.63. The van der Waals surface area contributed by atoms with Gasteiger partial charge < -0.3 is 5.11 Å². The lowest BCUT2D eigenvalue weighted by molar-refractivity contribution is -0.163. The molecule has 30 heavy (non-hydrogen) atoms. The van der Waals surface area contributed by atoms with Crippen LogP contribution in [0.4, 0.5) is 18.9 Å². The van der Waals surface area contributed by atoms with E-state index in [4.69, 9.17) is 0 Å².